The zero-order chi connectivity index (χ0) is 19.0. The number of rotatable bonds is 4. The Labute approximate surface area is 161 Å². The first-order valence-corrected chi connectivity index (χ1v) is 9.40. The molecule has 0 bridgehead atoms. The van der Waals surface area contributed by atoms with E-state index in [1.807, 2.05) is 12.1 Å². The van der Waals surface area contributed by atoms with Gasteiger partial charge in [-0.3, -0.25) is 0 Å². The molecule has 7 heteroatoms. The van der Waals surface area contributed by atoms with Crippen molar-refractivity contribution in [2.75, 3.05) is 16.4 Å². The average molecular weight is 376 g/mol. The van der Waals surface area contributed by atoms with Crippen LogP contribution in [0.2, 0.25) is 0 Å². The van der Waals surface area contributed by atoms with E-state index < -0.39 is 0 Å². The summed E-state index contributed by atoms with van der Waals surface area (Å²) in [6.07, 6.45) is 1.49. The zero-order valence-electron chi connectivity index (χ0n) is 15.4. The maximum atomic E-state index is 6.30. The third kappa shape index (κ3) is 3.54. The predicted octanol–water partition coefficient (Wildman–Crippen LogP) is 5.08. The summed E-state index contributed by atoms with van der Waals surface area (Å²) < 4.78 is 1.12. The van der Waals surface area contributed by atoms with Gasteiger partial charge in [0.05, 0.1) is 10.2 Å². The molecule has 2 aromatic carbocycles. The molecule has 2 heterocycles. The molecule has 27 heavy (non-hydrogen) atoms. The molecule has 136 valence electrons. The third-order valence-corrected chi connectivity index (χ3v) is 5.22. The minimum Gasteiger partial charge on any atom is -0.393 e. The van der Waals surface area contributed by atoms with Crippen molar-refractivity contribution < 1.29 is 0 Å². The standard InChI is InChI=1S/C20H20N6S/c1-11-4-6-14(13(3)8-11)24-18-17(21)19(23-10-22-18)26-20-25-15-7-5-12(2)9-16(15)27-20/h4-10H,21H2,1-3H3,(H2,22,23,24,25,26). The molecule has 0 spiro atoms. The predicted molar refractivity (Wildman–Crippen MR) is 113 cm³/mol. The lowest BCUT2D eigenvalue weighted by molar-refractivity contribution is 1.17. The highest BCUT2D eigenvalue weighted by Gasteiger charge is 2.12. The summed E-state index contributed by atoms with van der Waals surface area (Å²) in [4.78, 5) is 13.2. The topological polar surface area (TPSA) is 88.8 Å². The second-order valence-electron chi connectivity index (χ2n) is 6.54. The molecule has 0 aliphatic rings. The van der Waals surface area contributed by atoms with E-state index in [-0.39, 0.29) is 0 Å². The number of aryl methyl sites for hydroxylation is 3. The first-order valence-electron chi connectivity index (χ1n) is 8.58. The lowest BCUT2D eigenvalue weighted by atomic mass is 10.1. The second-order valence-corrected chi connectivity index (χ2v) is 7.57. The van der Waals surface area contributed by atoms with Crippen molar-refractivity contribution in [3.05, 3.63) is 59.4 Å². The van der Waals surface area contributed by atoms with Crippen LogP contribution in [0.4, 0.5) is 28.1 Å². The van der Waals surface area contributed by atoms with Gasteiger partial charge in [0, 0.05) is 5.69 Å². The number of nitrogen functional groups attached to an aromatic ring is 1. The van der Waals surface area contributed by atoms with Gasteiger partial charge >= 0.3 is 0 Å². The lowest BCUT2D eigenvalue weighted by Gasteiger charge is -2.13. The number of nitrogens with zero attached hydrogens (tertiary/aromatic N) is 3. The molecule has 0 atom stereocenters. The lowest BCUT2D eigenvalue weighted by Crippen LogP contribution is -2.05. The van der Waals surface area contributed by atoms with Crippen molar-refractivity contribution in [3.8, 4) is 0 Å². The fourth-order valence-electron chi connectivity index (χ4n) is 2.86. The van der Waals surface area contributed by atoms with Crippen LogP contribution in [0.15, 0.2) is 42.7 Å². The summed E-state index contributed by atoms with van der Waals surface area (Å²) in [7, 11) is 0. The first-order chi connectivity index (χ1) is 13.0. The van der Waals surface area contributed by atoms with Crippen molar-refractivity contribution in [2.24, 2.45) is 0 Å². The Balaban J connectivity index is 1.62. The van der Waals surface area contributed by atoms with Crippen LogP contribution in [-0.2, 0) is 0 Å². The van der Waals surface area contributed by atoms with Gasteiger partial charge in [-0.15, -0.1) is 0 Å². The fraction of sp³-hybridized carbons (Fsp3) is 0.150. The molecule has 0 aliphatic heterocycles. The monoisotopic (exact) mass is 376 g/mol. The Morgan fingerprint density at radius 3 is 2.37 bits per heavy atom. The average Bonchev–Trinajstić information content (AvgIpc) is 3.02. The van der Waals surface area contributed by atoms with E-state index in [1.54, 1.807) is 11.3 Å². The fourth-order valence-corrected chi connectivity index (χ4v) is 3.83. The van der Waals surface area contributed by atoms with Gasteiger partial charge in [0.25, 0.3) is 0 Å². The first kappa shape index (κ1) is 17.2. The molecule has 4 aromatic rings. The summed E-state index contributed by atoms with van der Waals surface area (Å²) in [6.45, 7) is 6.19. The number of nitrogens with two attached hydrogens (primary N) is 1. The van der Waals surface area contributed by atoms with Crippen LogP contribution >= 0.6 is 11.3 Å². The normalized spacial score (nSPS) is 10.9. The SMILES string of the molecule is Cc1ccc(Nc2ncnc(Nc3nc4ccc(C)cc4s3)c2N)c(C)c1. The van der Waals surface area contributed by atoms with Crippen molar-refractivity contribution in [2.45, 2.75) is 20.8 Å². The largest absolute Gasteiger partial charge is 0.393 e. The molecule has 0 radical (unpaired) electrons. The van der Waals surface area contributed by atoms with E-state index in [2.05, 4.69) is 70.6 Å². The molecule has 2 aromatic heterocycles. The third-order valence-electron chi connectivity index (χ3n) is 4.29. The van der Waals surface area contributed by atoms with Gasteiger partial charge < -0.3 is 16.4 Å². The smallest absolute Gasteiger partial charge is 0.189 e. The molecular formula is C20H20N6S. The number of aromatic nitrogens is 3. The molecule has 0 aliphatic carbocycles. The highest BCUT2D eigenvalue weighted by molar-refractivity contribution is 7.22. The number of hydrogen-bond donors (Lipinski definition) is 3. The van der Waals surface area contributed by atoms with Gasteiger partial charge in [-0.1, -0.05) is 35.1 Å². The molecule has 6 nitrogen and oxygen atoms in total. The van der Waals surface area contributed by atoms with Crippen molar-refractivity contribution in [3.63, 3.8) is 0 Å². The summed E-state index contributed by atoms with van der Waals surface area (Å²) >= 11 is 1.57. The molecule has 0 amide bonds. The van der Waals surface area contributed by atoms with Crippen LogP contribution in [-0.4, -0.2) is 15.0 Å². The second kappa shape index (κ2) is 6.85. The van der Waals surface area contributed by atoms with Crippen LogP contribution in [0.1, 0.15) is 16.7 Å². The Bertz CT molecular complexity index is 1130. The number of fused-ring (bicyclic) bond motifs is 1. The van der Waals surface area contributed by atoms with Crippen LogP contribution < -0.4 is 16.4 Å². The summed E-state index contributed by atoms with van der Waals surface area (Å²) in [5.41, 5.74) is 12.2. The number of hydrogen-bond acceptors (Lipinski definition) is 7. The maximum absolute atomic E-state index is 6.30. The van der Waals surface area contributed by atoms with Gasteiger partial charge in [0.1, 0.15) is 12.0 Å². The van der Waals surface area contributed by atoms with Crippen LogP contribution in [0.25, 0.3) is 10.2 Å². The summed E-state index contributed by atoms with van der Waals surface area (Å²) in [5.74, 6) is 1.10. The van der Waals surface area contributed by atoms with Gasteiger partial charge in [0.15, 0.2) is 16.8 Å². The maximum Gasteiger partial charge on any atom is 0.189 e. The van der Waals surface area contributed by atoms with E-state index in [1.165, 1.54) is 17.5 Å². The molecule has 0 fully saturated rings. The van der Waals surface area contributed by atoms with E-state index in [9.17, 15) is 0 Å². The van der Waals surface area contributed by atoms with E-state index in [0.717, 1.165) is 26.6 Å². The van der Waals surface area contributed by atoms with Crippen molar-refractivity contribution >= 4 is 49.7 Å². The van der Waals surface area contributed by atoms with Crippen LogP contribution in [0.5, 0.6) is 0 Å². The number of anilines is 5. The summed E-state index contributed by atoms with van der Waals surface area (Å²) in [5, 5.41) is 7.27. The molecule has 0 unspecified atom stereocenters. The molecule has 4 rings (SSSR count). The van der Waals surface area contributed by atoms with Gasteiger partial charge in [0.2, 0.25) is 0 Å². The Morgan fingerprint density at radius 1 is 0.889 bits per heavy atom. The van der Waals surface area contributed by atoms with Crippen LogP contribution in [0, 0.1) is 20.8 Å². The quantitative estimate of drug-likeness (QED) is 0.460. The highest BCUT2D eigenvalue weighted by atomic mass is 32.1. The van der Waals surface area contributed by atoms with Gasteiger partial charge in [-0.2, -0.15) is 0 Å². The van der Waals surface area contributed by atoms with E-state index >= 15 is 0 Å². The minimum absolute atomic E-state index is 0.452. The summed E-state index contributed by atoms with van der Waals surface area (Å²) in [6, 6.07) is 12.4. The molecule has 4 N–H and O–H groups in total. The number of benzene rings is 2. The Morgan fingerprint density at radius 2 is 1.59 bits per heavy atom. The number of thiazole rings is 1. The molecule has 0 saturated carbocycles. The zero-order valence-corrected chi connectivity index (χ0v) is 16.2. The van der Waals surface area contributed by atoms with Crippen LogP contribution in [0.3, 0.4) is 0 Å². The van der Waals surface area contributed by atoms with E-state index in [4.69, 9.17) is 5.73 Å². The van der Waals surface area contributed by atoms with Crippen molar-refractivity contribution in [1.29, 1.82) is 0 Å². The van der Waals surface area contributed by atoms with E-state index in [0.29, 0.717) is 17.3 Å². The van der Waals surface area contributed by atoms with Gasteiger partial charge in [-0.25, -0.2) is 15.0 Å². The number of nitrogens with one attached hydrogen (secondary N) is 2. The molecular weight excluding hydrogens is 356 g/mol. The highest BCUT2D eigenvalue weighted by Crippen LogP contribution is 2.32. The van der Waals surface area contributed by atoms with Gasteiger partial charge in [-0.05, 0) is 50.1 Å². The molecule has 0 saturated heterocycles. The Kier molecular flexibility index (Phi) is 4.37. The van der Waals surface area contributed by atoms with Crippen molar-refractivity contribution in [1.82, 2.24) is 15.0 Å². The Hall–Kier alpha value is -3.19. The minimum atomic E-state index is 0.452.